The van der Waals surface area contributed by atoms with Gasteiger partial charge in [0.25, 0.3) is 0 Å². The second kappa shape index (κ2) is 7.14. The summed E-state index contributed by atoms with van der Waals surface area (Å²) in [5.41, 5.74) is 3.48. The summed E-state index contributed by atoms with van der Waals surface area (Å²) in [6, 6.07) is 0. The van der Waals surface area contributed by atoms with Crippen molar-refractivity contribution < 1.29 is 0 Å². The van der Waals surface area contributed by atoms with Crippen LogP contribution in [0.5, 0.6) is 0 Å². The van der Waals surface area contributed by atoms with E-state index >= 15 is 0 Å². The first-order valence-electron chi connectivity index (χ1n) is 9.08. The molecule has 0 amide bonds. The van der Waals surface area contributed by atoms with Crippen molar-refractivity contribution in [2.24, 2.45) is 5.41 Å². The third-order valence-corrected chi connectivity index (χ3v) is 6.03. The third kappa shape index (κ3) is 3.54. The van der Waals surface area contributed by atoms with Crippen molar-refractivity contribution in [3.63, 3.8) is 0 Å². The maximum absolute atomic E-state index is 4.62. The minimum atomic E-state index is 0.685. The van der Waals surface area contributed by atoms with Gasteiger partial charge < -0.3 is 10.2 Å². The van der Waals surface area contributed by atoms with E-state index in [1.54, 1.807) is 0 Å². The Morgan fingerprint density at radius 3 is 2.68 bits per heavy atom. The molecule has 2 fully saturated rings. The number of hydrogen-bond donors (Lipinski definition) is 2. The molecule has 1 spiro atoms. The standard InChI is InChI=1S/C18H32N4/c1-19-11-12-22(2)14-16-13-20-21-17(16)15-5-9-18(10-6-15)7-3-4-8-18/h13,15,19H,3-12,14H2,1-2H3,(H,20,21). The molecule has 4 nitrogen and oxygen atoms in total. The van der Waals surface area contributed by atoms with E-state index in [0.717, 1.165) is 25.0 Å². The Morgan fingerprint density at radius 1 is 1.27 bits per heavy atom. The predicted molar refractivity (Wildman–Crippen MR) is 91.0 cm³/mol. The van der Waals surface area contributed by atoms with E-state index in [9.17, 15) is 0 Å². The molecule has 3 rings (SSSR count). The number of hydrogen-bond acceptors (Lipinski definition) is 3. The van der Waals surface area contributed by atoms with Crippen molar-refractivity contribution in [1.82, 2.24) is 20.4 Å². The van der Waals surface area contributed by atoms with Gasteiger partial charge in [-0.25, -0.2) is 0 Å². The Hall–Kier alpha value is -0.870. The van der Waals surface area contributed by atoms with Gasteiger partial charge in [0.05, 0.1) is 5.69 Å². The van der Waals surface area contributed by atoms with Crippen molar-refractivity contribution in [2.75, 3.05) is 27.2 Å². The number of aromatic amines is 1. The smallest absolute Gasteiger partial charge is 0.0697 e. The first kappa shape index (κ1) is 16.0. The summed E-state index contributed by atoms with van der Waals surface area (Å²) >= 11 is 0. The van der Waals surface area contributed by atoms with E-state index in [1.165, 1.54) is 62.6 Å². The summed E-state index contributed by atoms with van der Waals surface area (Å²) in [5, 5.41) is 11.0. The molecule has 2 aliphatic carbocycles. The molecule has 0 atom stereocenters. The number of nitrogens with zero attached hydrogens (tertiary/aromatic N) is 2. The van der Waals surface area contributed by atoms with Crippen LogP contribution in [0.15, 0.2) is 6.20 Å². The molecule has 1 aromatic rings. The Bertz CT molecular complexity index is 451. The highest BCUT2D eigenvalue weighted by atomic mass is 15.1. The molecule has 0 unspecified atom stereocenters. The van der Waals surface area contributed by atoms with Crippen LogP contribution in [-0.2, 0) is 6.54 Å². The van der Waals surface area contributed by atoms with Crippen LogP contribution >= 0.6 is 0 Å². The Morgan fingerprint density at radius 2 is 2.00 bits per heavy atom. The highest BCUT2D eigenvalue weighted by molar-refractivity contribution is 5.21. The maximum atomic E-state index is 4.62. The largest absolute Gasteiger partial charge is 0.318 e. The van der Waals surface area contributed by atoms with E-state index in [2.05, 4.69) is 33.7 Å². The lowest BCUT2D eigenvalue weighted by molar-refractivity contribution is 0.179. The zero-order valence-corrected chi connectivity index (χ0v) is 14.3. The normalized spacial score (nSPS) is 22.0. The fourth-order valence-electron chi connectivity index (χ4n) is 4.61. The third-order valence-electron chi connectivity index (χ3n) is 6.03. The Labute approximate surface area is 135 Å². The number of nitrogens with one attached hydrogen (secondary N) is 2. The summed E-state index contributed by atoms with van der Waals surface area (Å²) in [6.07, 6.45) is 13.6. The molecule has 2 aliphatic rings. The highest BCUT2D eigenvalue weighted by Gasteiger charge is 2.38. The zero-order chi connectivity index (χ0) is 15.4. The van der Waals surface area contributed by atoms with Gasteiger partial charge in [-0.3, -0.25) is 5.10 Å². The number of H-pyrrole nitrogens is 1. The van der Waals surface area contributed by atoms with E-state index < -0.39 is 0 Å². The molecule has 22 heavy (non-hydrogen) atoms. The van der Waals surface area contributed by atoms with E-state index in [1.807, 2.05) is 7.05 Å². The van der Waals surface area contributed by atoms with Crippen molar-refractivity contribution in [1.29, 1.82) is 0 Å². The summed E-state index contributed by atoms with van der Waals surface area (Å²) in [6.45, 7) is 3.12. The number of likely N-dealkylation sites (N-methyl/N-ethyl adjacent to an activating group) is 2. The van der Waals surface area contributed by atoms with Gasteiger partial charge in [0.2, 0.25) is 0 Å². The zero-order valence-electron chi connectivity index (χ0n) is 14.3. The van der Waals surface area contributed by atoms with Crippen LogP contribution < -0.4 is 5.32 Å². The van der Waals surface area contributed by atoms with Crippen LogP contribution in [0.25, 0.3) is 0 Å². The average molecular weight is 304 g/mol. The molecule has 2 N–H and O–H groups in total. The molecule has 2 saturated carbocycles. The average Bonchev–Trinajstić information content (AvgIpc) is 3.16. The molecule has 0 radical (unpaired) electrons. The molecular formula is C18H32N4. The Kier molecular flexibility index (Phi) is 5.19. The molecule has 1 heterocycles. The number of aromatic nitrogens is 2. The summed E-state index contributed by atoms with van der Waals surface area (Å²) < 4.78 is 0. The fourth-order valence-corrected chi connectivity index (χ4v) is 4.61. The molecule has 0 bridgehead atoms. The van der Waals surface area contributed by atoms with E-state index in [-0.39, 0.29) is 0 Å². The van der Waals surface area contributed by atoms with Gasteiger partial charge in [0, 0.05) is 37.3 Å². The van der Waals surface area contributed by atoms with Crippen LogP contribution in [0.4, 0.5) is 0 Å². The molecule has 0 aromatic carbocycles. The molecule has 0 saturated heterocycles. The lowest BCUT2D eigenvalue weighted by Crippen LogP contribution is -2.28. The molecule has 4 heteroatoms. The second-order valence-electron chi connectivity index (χ2n) is 7.62. The van der Waals surface area contributed by atoms with Crippen LogP contribution in [-0.4, -0.2) is 42.3 Å². The SMILES string of the molecule is CNCCN(C)Cc1c[nH]nc1C1CCC2(CCCC2)CC1. The minimum Gasteiger partial charge on any atom is -0.318 e. The summed E-state index contributed by atoms with van der Waals surface area (Å²) in [7, 11) is 4.21. The highest BCUT2D eigenvalue weighted by Crippen LogP contribution is 2.52. The predicted octanol–water partition coefficient (Wildman–Crippen LogP) is 3.28. The van der Waals surface area contributed by atoms with Crippen LogP contribution in [0.3, 0.4) is 0 Å². The van der Waals surface area contributed by atoms with Gasteiger partial charge in [0.15, 0.2) is 0 Å². The van der Waals surface area contributed by atoms with Crippen molar-refractivity contribution in [2.45, 2.75) is 63.8 Å². The molecule has 124 valence electrons. The van der Waals surface area contributed by atoms with Crippen molar-refractivity contribution in [3.8, 4) is 0 Å². The topological polar surface area (TPSA) is 44.0 Å². The van der Waals surface area contributed by atoms with Crippen molar-refractivity contribution >= 4 is 0 Å². The lowest BCUT2D eigenvalue weighted by atomic mass is 9.68. The first-order chi connectivity index (χ1) is 10.7. The van der Waals surface area contributed by atoms with Crippen molar-refractivity contribution in [3.05, 3.63) is 17.5 Å². The van der Waals surface area contributed by atoms with Gasteiger partial charge in [-0.1, -0.05) is 12.8 Å². The van der Waals surface area contributed by atoms with Crippen LogP contribution in [0.1, 0.15) is 68.5 Å². The lowest BCUT2D eigenvalue weighted by Gasteiger charge is -2.37. The fraction of sp³-hybridized carbons (Fsp3) is 0.833. The molecule has 1 aromatic heterocycles. The molecular weight excluding hydrogens is 272 g/mol. The van der Waals surface area contributed by atoms with E-state index in [4.69, 9.17) is 0 Å². The summed E-state index contributed by atoms with van der Waals surface area (Å²) in [4.78, 5) is 2.38. The Balaban J connectivity index is 1.58. The summed E-state index contributed by atoms with van der Waals surface area (Å²) in [5.74, 6) is 0.685. The monoisotopic (exact) mass is 304 g/mol. The minimum absolute atomic E-state index is 0.685. The van der Waals surface area contributed by atoms with Gasteiger partial charge in [-0.15, -0.1) is 0 Å². The van der Waals surface area contributed by atoms with E-state index in [0.29, 0.717) is 5.92 Å². The van der Waals surface area contributed by atoms with Crippen LogP contribution in [0.2, 0.25) is 0 Å². The van der Waals surface area contributed by atoms with Crippen LogP contribution in [0, 0.1) is 5.41 Å². The van der Waals surface area contributed by atoms with Gasteiger partial charge >= 0.3 is 0 Å². The second-order valence-corrected chi connectivity index (χ2v) is 7.62. The quantitative estimate of drug-likeness (QED) is 0.847. The van der Waals surface area contributed by atoms with Gasteiger partial charge in [-0.05, 0) is 58.0 Å². The van der Waals surface area contributed by atoms with Gasteiger partial charge in [0.1, 0.15) is 0 Å². The first-order valence-corrected chi connectivity index (χ1v) is 9.08. The maximum Gasteiger partial charge on any atom is 0.0697 e. The molecule has 0 aliphatic heterocycles. The van der Waals surface area contributed by atoms with Gasteiger partial charge in [-0.2, -0.15) is 5.10 Å². The number of rotatable bonds is 6.